The highest BCUT2D eigenvalue weighted by molar-refractivity contribution is 4.83. The van der Waals surface area contributed by atoms with Gasteiger partial charge in [-0.3, -0.25) is 0 Å². The molecule has 11 heavy (non-hydrogen) atoms. The number of aliphatic hydroxyl groups excluding tert-OH is 1. The number of rotatable bonds is 5. The van der Waals surface area contributed by atoms with Crippen LogP contribution < -0.4 is 5.32 Å². The highest BCUT2D eigenvalue weighted by Gasteiger charge is 2.23. The summed E-state index contributed by atoms with van der Waals surface area (Å²) in [5.41, 5.74) is -0.303. The molecule has 0 amide bonds. The first kappa shape index (κ1) is 10.9. The van der Waals surface area contributed by atoms with Crippen LogP contribution in [0.3, 0.4) is 0 Å². The average Bonchev–Trinajstić information content (AvgIpc) is 1.87. The number of hydrogen-bond acceptors (Lipinski definition) is 3. The van der Waals surface area contributed by atoms with E-state index >= 15 is 0 Å². The smallest absolute Gasteiger partial charge is 0.0664 e. The van der Waals surface area contributed by atoms with Crippen LogP contribution in [0.5, 0.6) is 0 Å². The Morgan fingerprint density at radius 3 is 2.36 bits per heavy atom. The highest BCUT2D eigenvalue weighted by Crippen LogP contribution is 2.03. The van der Waals surface area contributed by atoms with Gasteiger partial charge in [0.05, 0.1) is 18.8 Å². The van der Waals surface area contributed by atoms with Crippen LogP contribution in [0.4, 0.5) is 0 Å². The summed E-state index contributed by atoms with van der Waals surface area (Å²) in [7, 11) is 1.63. The van der Waals surface area contributed by atoms with E-state index in [0.29, 0.717) is 12.6 Å². The van der Waals surface area contributed by atoms with Crippen molar-refractivity contribution in [3.63, 3.8) is 0 Å². The van der Waals surface area contributed by atoms with E-state index in [2.05, 4.69) is 5.32 Å². The maximum Gasteiger partial charge on any atom is 0.0664 e. The average molecular weight is 161 g/mol. The van der Waals surface area contributed by atoms with E-state index in [-0.39, 0.29) is 12.1 Å². The lowest BCUT2D eigenvalue weighted by molar-refractivity contribution is 0.0681. The molecule has 0 fully saturated rings. The summed E-state index contributed by atoms with van der Waals surface area (Å²) >= 11 is 0. The van der Waals surface area contributed by atoms with Crippen molar-refractivity contribution in [1.82, 2.24) is 5.32 Å². The fraction of sp³-hybridized carbons (Fsp3) is 1.00. The second-order valence-corrected chi connectivity index (χ2v) is 3.45. The van der Waals surface area contributed by atoms with Gasteiger partial charge in [-0.2, -0.15) is 0 Å². The second kappa shape index (κ2) is 4.70. The Balaban J connectivity index is 3.87. The van der Waals surface area contributed by atoms with E-state index in [4.69, 9.17) is 9.84 Å². The lowest BCUT2D eigenvalue weighted by atomic mass is 10.0. The van der Waals surface area contributed by atoms with E-state index in [1.165, 1.54) is 0 Å². The minimum absolute atomic E-state index is 0.0962. The second-order valence-electron chi connectivity index (χ2n) is 3.45. The zero-order valence-corrected chi connectivity index (χ0v) is 7.85. The van der Waals surface area contributed by atoms with Crippen molar-refractivity contribution in [3.8, 4) is 0 Å². The number of nitrogens with one attached hydrogen (secondary N) is 1. The molecule has 0 rings (SSSR count). The van der Waals surface area contributed by atoms with Crippen molar-refractivity contribution in [2.24, 2.45) is 0 Å². The molecule has 0 aliphatic heterocycles. The maximum atomic E-state index is 9.02. The van der Waals surface area contributed by atoms with Crippen LogP contribution in [0.2, 0.25) is 0 Å². The van der Waals surface area contributed by atoms with Crippen molar-refractivity contribution in [2.75, 3.05) is 20.3 Å². The molecule has 3 heteroatoms. The lowest BCUT2D eigenvalue weighted by Crippen LogP contribution is -2.52. The van der Waals surface area contributed by atoms with Crippen molar-refractivity contribution >= 4 is 0 Å². The van der Waals surface area contributed by atoms with Crippen LogP contribution in [-0.2, 0) is 4.74 Å². The van der Waals surface area contributed by atoms with Gasteiger partial charge in [-0.05, 0) is 6.92 Å². The van der Waals surface area contributed by atoms with Gasteiger partial charge in [0.1, 0.15) is 0 Å². The molecule has 0 aliphatic carbocycles. The van der Waals surface area contributed by atoms with Crippen molar-refractivity contribution in [3.05, 3.63) is 0 Å². The molecule has 0 aliphatic rings. The fourth-order valence-electron chi connectivity index (χ4n) is 1.15. The topological polar surface area (TPSA) is 41.5 Å². The van der Waals surface area contributed by atoms with Crippen molar-refractivity contribution in [1.29, 1.82) is 0 Å². The van der Waals surface area contributed by atoms with Gasteiger partial charge >= 0.3 is 0 Å². The standard InChI is InChI=1S/C8H19NO2/c1-7(2)9-8(3,5-10)6-11-4/h7,9-10H,5-6H2,1-4H3. The molecule has 1 atom stereocenters. The summed E-state index contributed by atoms with van der Waals surface area (Å²) in [6.45, 7) is 6.66. The van der Waals surface area contributed by atoms with E-state index in [0.717, 1.165) is 0 Å². The summed E-state index contributed by atoms with van der Waals surface area (Å²) < 4.78 is 4.98. The number of aliphatic hydroxyl groups is 1. The van der Waals surface area contributed by atoms with E-state index < -0.39 is 0 Å². The Labute approximate surface area is 68.8 Å². The van der Waals surface area contributed by atoms with Crippen LogP contribution >= 0.6 is 0 Å². The molecule has 2 N–H and O–H groups in total. The zero-order valence-electron chi connectivity index (χ0n) is 7.85. The summed E-state index contributed by atoms with van der Waals surface area (Å²) in [6, 6.07) is 0.363. The van der Waals surface area contributed by atoms with Crippen LogP contribution in [0.15, 0.2) is 0 Å². The van der Waals surface area contributed by atoms with Gasteiger partial charge in [-0.1, -0.05) is 13.8 Å². The summed E-state index contributed by atoms with van der Waals surface area (Å²) in [5, 5.41) is 12.3. The Kier molecular flexibility index (Phi) is 4.65. The minimum atomic E-state index is -0.303. The highest BCUT2D eigenvalue weighted by atomic mass is 16.5. The Morgan fingerprint density at radius 1 is 1.55 bits per heavy atom. The Bertz CT molecular complexity index is 106. The molecule has 0 spiro atoms. The summed E-state index contributed by atoms with van der Waals surface area (Å²) in [6.07, 6.45) is 0. The first-order valence-corrected chi connectivity index (χ1v) is 3.91. The molecule has 3 nitrogen and oxygen atoms in total. The molecule has 1 unspecified atom stereocenters. The van der Waals surface area contributed by atoms with Gasteiger partial charge in [-0.15, -0.1) is 0 Å². The van der Waals surface area contributed by atoms with E-state index in [1.54, 1.807) is 7.11 Å². The molecule has 0 saturated heterocycles. The molecular weight excluding hydrogens is 142 g/mol. The monoisotopic (exact) mass is 161 g/mol. The first-order chi connectivity index (χ1) is 5.04. The van der Waals surface area contributed by atoms with E-state index in [9.17, 15) is 0 Å². The number of ether oxygens (including phenoxy) is 1. The molecule has 0 aromatic carbocycles. The Hall–Kier alpha value is -0.120. The third-order valence-corrected chi connectivity index (χ3v) is 1.45. The predicted octanol–water partition coefficient (Wildman–Crippen LogP) is 0.382. The summed E-state index contributed by atoms with van der Waals surface area (Å²) in [5.74, 6) is 0. The van der Waals surface area contributed by atoms with Gasteiger partial charge in [0.15, 0.2) is 0 Å². The molecule has 0 saturated carbocycles. The number of hydrogen-bond donors (Lipinski definition) is 2. The van der Waals surface area contributed by atoms with E-state index in [1.807, 2.05) is 20.8 Å². The third-order valence-electron chi connectivity index (χ3n) is 1.45. The summed E-state index contributed by atoms with van der Waals surface area (Å²) in [4.78, 5) is 0. The van der Waals surface area contributed by atoms with Gasteiger partial charge in [0, 0.05) is 13.2 Å². The predicted molar refractivity (Wildman–Crippen MR) is 45.6 cm³/mol. The minimum Gasteiger partial charge on any atom is -0.394 e. The quantitative estimate of drug-likeness (QED) is 0.612. The van der Waals surface area contributed by atoms with Crippen molar-refractivity contribution in [2.45, 2.75) is 32.4 Å². The fourth-order valence-corrected chi connectivity index (χ4v) is 1.15. The molecule has 0 aromatic rings. The first-order valence-electron chi connectivity index (χ1n) is 3.91. The van der Waals surface area contributed by atoms with Crippen LogP contribution in [0.1, 0.15) is 20.8 Å². The lowest BCUT2D eigenvalue weighted by Gasteiger charge is -2.30. The van der Waals surface area contributed by atoms with Gasteiger partial charge in [-0.25, -0.2) is 0 Å². The normalized spacial score (nSPS) is 16.9. The van der Waals surface area contributed by atoms with Gasteiger partial charge in [0.2, 0.25) is 0 Å². The van der Waals surface area contributed by atoms with Crippen LogP contribution in [-0.4, -0.2) is 37.0 Å². The molecule has 68 valence electrons. The largest absolute Gasteiger partial charge is 0.394 e. The molecular formula is C8H19NO2. The SMILES string of the molecule is COCC(C)(CO)NC(C)C. The van der Waals surface area contributed by atoms with Crippen molar-refractivity contribution < 1.29 is 9.84 Å². The molecule has 0 bridgehead atoms. The molecule has 0 aromatic heterocycles. The molecule has 0 radical (unpaired) electrons. The Morgan fingerprint density at radius 2 is 2.09 bits per heavy atom. The molecule has 0 heterocycles. The third kappa shape index (κ3) is 4.35. The zero-order chi connectivity index (χ0) is 8.91. The van der Waals surface area contributed by atoms with Crippen LogP contribution in [0.25, 0.3) is 0 Å². The van der Waals surface area contributed by atoms with Crippen LogP contribution in [0, 0.1) is 0 Å². The van der Waals surface area contributed by atoms with Gasteiger partial charge in [0.25, 0.3) is 0 Å². The number of methoxy groups -OCH3 is 1. The maximum absolute atomic E-state index is 9.02. The van der Waals surface area contributed by atoms with Gasteiger partial charge < -0.3 is 15.2 Å².